The van der Waals surface area contributed by atoms with Gasteiger partial charge in [-0.1, -0.05) is 40.2 Å². The Hall–Kier alpha value is -0.830. The summed E-state index contributed by atoms with van der Waals surface area (Å²) < 4.78 is 0. The number of likely N-dealkylation sites (tertiary alicyclic amines) is 1. The number of aryl methyl sites for hydroxylation is 1. The van der Waals surface area contributed by atoms with E-state index in [1.807, 2.05) is 0 Å². The summed E-state index contributed by atoms with van der Waals surface area (Å²) in [5.74, 6) is 0.860. The smallest absolute Gasteiger partial charge is 0.223 e. The van der Waals surface area contributed by atoms with Gasteiger partial charge in [-0.25, -0.2) is 0 Å². The Labute approximate surface area is 116 Å². The molecule has 1 fully saturated rings. The molecule has 0 radical (unpaired) electrons. The van der Waals surface area contributed by atoms with Gasteiger partial charge in [-0.3, -0.25) is 4.79 Å². The van der Waals surface area contributed by atoms with E-state index in [-0.39, 0.29) is 0 Å². The summed E-state index contributed by atoms with van der Waals surface area (Å²) in [6.07, 6.45) is 4.00. The van der Waals surface area contributed by atoms with Crippen molar-refractivity contribution in [1.82, 2.24) is 4.90 Å². The van der Waals surface area contributed by atoms with Crippen molar-refractivity contribution in [1.29, 1.82) is 0 Å². The van der Waals surface area contributed by atoms with Crippen LogP contribution in [0.4, 0.5) is 0 Å². The molecule has 1 heterocycles. The van der Waals surface area contributed by atoms with Crippen LogP contribution in [0.5, 0.6) is 0 Å². The lowest BCUT2D eigenvalue weighted by molar-refractivity contribution is -0.129. The average molecular weight is 308 g/mol. The topological polar surface area (TPSA) is 20.3 Å². The van der Waals surface area contributed by atoms with Crippen LogP contribution in [0.1, 0.15) is 24.0 Å². The maximum Gasteiger partial charge on any atom is 0.223 e. The van der Waals surface area contributed by atoms with Crippen molar-refractivity contribution in [2.45, 2.75) is 31.7 Å². The van der Waals surface area contributed by atoms with Gasteiger partial charge in [0.15, 0.2) is 0 Å². The van der Waals surface area contributed by atoms with Crippen LogP contribution in [-0.2, 0) is 17.6 Å². The largest absolute Gasteiger partial charge is 0.339 e. The molecule has 1 amide bonds. The fourth-order valence-electron chi connectivity index (χ4n) is 3.21. The fraction of sp³-hybridized carbons (Fsp3) is 0.533. The molecule has 1 aromatic rings. The number of fused-ring (bicyclic) bond motifs is 1. The van der Waals surface area contributed by atoms with Gasteiger partial charge in [0.2, 0.25) is 5.91 Å². The summed E-state index contributed by atoms with van der Waals surface area (Å²) in [5.41, 5.74) is 2.90. The van der Waals surface area contributed by atoms with E-state index in [1.165, 1.54) is 11.1 Å². The standard InChI is InChI=1S/C15H18BrNO/c16-9-11-7-15(18)17(10-11)14-6-5-12-3-1-2-4-13(12)8-14/h1-4,11,14H,5-10H2. The molecule has 1 aromatic carbocycles. The summed E-state index contributed by atoms with van der Waals surface area (Å²) in [6, 6.07) is 9.08. The van der Waals surface area contributed by atoms with Crippen molar-refractivity contribution in [3.63, 3.8) is 0 Å². The Balaban J connectivity index is 1.74. The molecule has 1 aliphatic heterocycles. The van der Waals surface area contributed by atoms with E-state index in [1.54, 1.807) is 0 Å². The summed E-state index contributed by atoms with van der Waals surface area (Å²) >= 11 is 3.50. The molecule has 96 valence electrons. The molecule has 1 aliphatic carbocycles. The average Bonchev–Trinajstić information content (AvgIpc) is 2.79. The van der Waals surface area contributed by atoms with Gasteiger partial charge in [-0.2, -0.15) is 0 Å². The number of nitrogens with zero attached hydrogens (tertiary/aromatic N) is 1. The van der Waals surface area contributed by atoms with Crippen molar-refractivity contribution >= 4 is 21.8 Å². The minimum Gasteiger partial charge on any atom is -0.339 e. The first-order chi connectivity index (χ1) is 8.78. The Morgan fingerprint density at radius 2 is 2.00 bits per heavy atom. The highest BCUT2D eigenvalue weighted by molar-refractivity contribution is 9.09. The molecule has 0 bridgehead atoms. The van der Waals surface area contributed by atoms with E-state index >= 15 is 0 Å². The van der Waals surface area contributed by atoms with Gasteiger partial charge < -0.3 is 4.90 Å². The van der Waals surface area contributed by atoms with Crippen LogP contribution >= 0.6 is 15.9 Å². The fourth-order valence-corrected chi connectivity index (χ4v) is 3.64. The normalized spacial score (nSPS) is 27.4. The Kier molecular flexibility index (Phi) is 3.42. The number of hydrogen-bond donors (Lipinski definition) is 0. The molecule has 0 N–H and O–H groups in total. The molecule has 18 heavy (non-hydrogen) atoms. The summed E-state index contributed by atoms with van der Waals surface area (Å²) in [6.45, 7) is 0.941. The first-order valence-corrected chi connectivity index (χ1v) is 7.82. The number of hydrogen-bond acceptors (Lipinski definition) is 1. The number of amides is 1. The van der Waals surface area contributed by atoms with Crippen LogP contribution in [0.25, 0.3) is 0 Å². The number of halogens is 1. The van der Waals surface area contributed by atoms with Gasteiger partial charge in [0.1, 0.15) is 0 Å². The minimum absolute atomic E-state index is 0.351. The number of carbonyl (C=O) groups is 1. The number of benzene rings is 1. The lowest BCUT2D eigenvalue weighted by atomic mass is 9.87. The van der Waals surface area contributed by atoms with Crippen molar-refractivity contribution < 1.29 is 4.79 Å². The summed E-state index contributed by atoms with van der Waals surface area (Å²) in [4.78, 5) is 14.2. The van der Waals surface area contributed by atoms with Gasteiger partial charge >= 0.3 is 0 Å². The first-order valence-electron chi connectivity index (χ1n) is 6.70. The molecule has 0 aromatic heterocycles. The number of alkyl halides is 1. The van der Waals surface area contributed by atoms with Gasteiger partial charge in [0.05, 0.1) is 0 Å². The molecule has 1 saturated heterocycles. The van der Waals surface area contributed by atoms with E-state index in [4.69, 9.17) is 0 Å². The maximum atomic E-state index is 12.1. The van der Waals surface area contributed by atoms with E-state index in [9.17, 15) is 4.79 Å². The molecule has 2 unspecified atom stereocenters. The molecular formula is C15H18BrNO. The third-order valence-electron chi connectivity index (χ3n) is 4.22. The van der Waals surface area contributed by atoms with Gasteiger partial charge in [-0.15, -0.1) is 0 Å². The zero-order valence-corrected chi connectivity index (χ0v) is 12.0. The minimum atomic E-state index is 0.351. The number of rotatable bonds is 2. The van der Waals surface area contributed by atoms with Gasteiger partial charge in [-0.05, 0) is 36.3 Å². The Bertz CT molecular complexity index is 460. The molecule has 3 rings (SSSR count). The van der Waals surface area contributed by atoms with E-state index in [0.29, 0.717) is 17.9 Å². The SMILES string of the molecule is O=C1CC(CBr)CN1C1CCc2ccccc2C1. The molecule has 2 atom stereocenters. The van der Waals surface area contributed by atoms with Crippen molar-refractivity contribution in [2.24, 2.45) is 5.92 Å². The van der Waals surface area contributed by atoms with Crippen LogP contribution in [0, 0.1) is 5.92 Å². The lowest BCUT2D eigenvalue weighted by Gasteiger charge is -2.32. The Morgan fingerprint density at radius 3 is 2.72 bits per heavy atom. The summed E-state index contributed by atoms with van der Waals surface area (Å²) in [7, 11) is 0. The highest BCUT2D eigenvalue weighted by Crippen LogP contribution is 2.29. The summed E-state index contributed by atoms with van der Waals surface area (Å²) in [5, 5.41) is 0.943. The molecule has 2 nitrogen and oxygen atoms in total. The predicted molar refractivity (Wildman–Crippen MR) is 75.9 cm³/mol. The third-order valence-corrected chi connectivity index (χ3v) is 5.13. The maximum absolute atomic E-state index is 12.1. The third kappa shape index (κ3) is 2.20. The second-order valence-corrected chi connectivity index (χ2v) is 6.08. The monoisotopic (exact) mass is 307 g/mol. The van der Waals surface area contributed by atoms with E-state index in [2.05, 4.69) is 45.1 Å². The van der Waals surface area contributed by atoms with Crippen molar-refractivity contribution in [2.75, 3.05) is 11.9 Å². The second kappa shape index (κ2) is 5.04. The zero-order chi connectivity index (χ0) is 12.5. The van der Waals surface area contributed by atoms with Crippen molar-refractivity contribution in [3.8, 4) is 0 Å². The highest BCUT2D eigenvalue weighted by atomic mass is 79.9. The van der Waals surface area contributed by atoms with Crippen LogP contribution in [0.15, 0.2) is 24.3 Å². The molecule has 3 heteroatoms. The Morgan fingerprint density at radius 1 is 1.22 bits per heavy atom. The van der Waals surface area contributed by atoms with Crippen LogP contribution < -0.4 is 0 Å². The second-order valence-electron chi connectivity index (χ2n) is 5.44. The van der Waals surface area contributed by atoms with Crippen LogP contribution in [0.2, 0.25) is 0 Å². The van der Waals surface area contributed by atoms with Gasteiger partial charge in [0, 0.05) is 24.3 Å². The number of carbonyl (C=O) groups excluding carboxylic acids is 1. The first kappa shape index (κ1) is 12.2. The predicted octanol–water partition coefficient (Wildman–Crippen LogP) is 2.79. The van der Waals surface area contributed by atoms with E-state index < -0.39 is 0 Å². The quantitative estimate of drug-likeness (QED) is 0.769. The zero-order valence-electron chi connectivity index (χ0n) is 10.4. The highest BCUT2D eigenvalue weighted by Gasteiger charge is 2.34. The van der Waals surface area contributed by atoms with E-state index in [0.717, 1.165) is 37.6 Å². The van der Waals surface area contributed by atoms with Crippen molar-refractivity contribution in [3.05, 3.63) is 35.4 Å². The lowest BCUT2D eigenvalue weighted by Crippen LogP contribution is -2.40. The van der Waals surface area contributed by atoms with Crippen LogP contribution in [0.3, 0.4) is 0 Å². The van der Waals surface area contributed by atoms with Gasteiger partial charge in [0.25, 0.3) is 0 Å². The molecule has 0 spiro atoms. The molecule has 2 aliphatic rings. The molecule has 0 saturated carbocycles. The molecular weight excluding hydrogens is 290 g/mol. The van der Waals surface area contributed by atoms with Crippen LogP contribution in [-0.4, -0.2) is 28.7 Å².